The van der Waals surface area contributed by atoms with Gasteiger partial charge in [0.05, 0.1) is 26.4 Å². The van der Waals surface area contributed by atoms with Crippen LogP contribution in [0.2, 0.25) is 37.3 Å². The van der Waals surface area contributed by atoms with E-state index in [9.17, 15) is 0 Å². The predicted molar refractivity (Wildman–Crippen MR) is 176 cm³/mol. The first-order valence-electron chi connectivity index (χ1n) is 16.7. The van der Waals surface area contributed by atoms with Crippen LogP contribution in [0.1, 0.15) is 113 Å². The molecule has 0 aliphatic carbocycles. The molecule has 0 aromatic heterocycles. The van der Waals surface area contributed by atoms with Crippen molar-refractivity contribution in [3.8, 4) is 0 Å². The average Bonchev–Trinajstić information content (AvgIpc) is 2.85. The van der Waals surface area contributed by atoms with Crippen LogP contribution in [0.25, 0.3) is 0 Å². The Kier molecular flexibility index (Phi) is 23.1. The quantitative estimate of drug-likeness (QED) is 0.0723. The van der Waals surface area contributed by atoms with Gasteiger partial charge in [0.25, 0.3) is 0 Å². The van der Waals surface area contributed by atoms with Crippen molar-refractivity contribution in [2.75, 3.05) is 39.6 Å². The summed E-state index contributed by atoms with van der Waals surface area (Å²) in [6.07, 6.45) is 12.5. The van der Waals surface area contributed by atoms with Gasteiger partial charge in [0.2, 0.25) is 0 Å². The summed E-state index contributed by atoms with van der Waals surface area (Å²) >= 11 is 0. The molecule has 3 nitrogen and oxygen atoms in total. The monoisotopic (exact) mass is 573 g/mol. The molecule has 0 aliphatic rings. The molecule has 0 aromatic carbocycles. The number of unbranched alkanes of at least 4 members (excludes halogenated alkanes) is 2. The van der Waals surface area contributed by atoms with Gasteiger partial charge in [-0.3, -0.25) is 0 Å². The van der Waals surface area contributed by atoms with E-state index in [1.54, 1.807) is 24.2 Å². The summed E-state index contributed by atoms with van der Waals surface area (Å²) in [4.78, 5) is 0. The minimum Gasteiger partial charge on any atom is -0.379 e. The van der Waals surface area contributed by atoms with Crippen LogP contribution in [-0.2, 0) is 14.2 Å². The molecule has 0 fully saturated rings. The smallest absolute Gasteiger partial charge is 0.0701 e. The van der Waals surface area contributed by atoms with Gasteiger partial charge in [-0.1, -0.05) is 137 Å². The van der Waals surface area contributed by atoms with Gasteiger partial charge in [0.15, 0.2) is 0 Å². The van der Waals surface area contributed by atoms with E-state index in [1.165, 1.54) is 57.8 Å². The van der Waals surface area contributed by atoms with Crippen LogP contribution in [0, 0.1) is 23.7 Å². The van der Waals surface area contributed by atoms with Gasteiger partial charge in [-0.05, 0) is 37.0 Å². The number of hydrogen-bond donors (Lipinski definition) is 0. The Bertz CT molecular complexity index is 530. The lowest BCUT2D eigenvalue weighted by Crippen LogP contribution is -2.59. The van der Waals surface area contributed by atoms with E-state index < -0.39 is 15.2 Å². The first-order valence-corrected chi connectivity index (χ1v) is 23.6. The van der Waals surface area contributed by atoms with Crippen LogP contribution in [0.4, 0.5) is 0 Å². The molecule has 230 valence electrons. The van der Waals surface area contributed by atoms with E-state index in [0.717, 1.165) is 36.9 Å². The van der Waals surface area contributed by atoms with Gasteiger partial charge in [-0.2, -0.15) is 0 Å². The molecular weight excluding hydrogens is 501 g/mol. The molecule has 0 rings (SSSR count). The van der Waals surface area contributed by atoms with Crippen molar-refractivity contribution in [2.45, 2.75) is 150 Å². The Morgan fingerprint density at radius 3 is 1.63 bits per heavy atom. The Labute approximate surface area is 242 Å². The fraction of sp³-hybridized carbons (Fsp3) is 1.00. The van der Waals surface area contributed by atoms with Crippen molar-refractivity contribution in [1.29, 1.82) is 0 Å². The van der Waals surface area contributed by atoms with Crippen LogP contribution < -0.4 is 0 Å². The van der Waals surface area contributed by atoms with Gasteiger partial charge in [-0.15, -0.1) is 0 Å². The lowest BCUT2D eigenvalue weighted by atomic mass is 9.98. The van der Waals surface area contributed by atoms with Gasteiger partial charge >= 0.3 is 0 Å². The third kappa shape index (κ3) is 18.6. The fourth-order valence-corrected chi connectivity index (χ4v) is 23.5. The highest BCUT2D eigenvalue weighted by atomic mass is 29.3. The topological polar surface area (TPSA) is 27.7 Å². The number of rotatable bonds is 27. The van der Waals surface area contributed by atoms with Crippen LogP contribution in [0.15, 0.2) is 0 Å². The fourth-order valence-electron chi connectivity index (χ4n) is 6.11. The van der Waals surface area contributed by atoms with Crippen molar-refractivity contribution in [3.63, 3.8) is 0 Å². The average molecular weight is 573 g/mol. The normalized spacial score (nSPS) is 17.1. The van der Waals surface area contributed by atoms with Gasteiger partial charge in [0, 0.05) is 28.4 Å². The summed E-state index contributed by atoms with van der Waals surface area (Å²) < 4.78 is 16.7. The van der Waals surface area contributed by atoms with Crippen molar-refractivity contribution >= 4 is 15.2 Å². The maximum absolute atomic E-state index is 5.85. The largest absolute Gasteiger partial charge is 0.379 e. The zero-order chi connectivity index (χ0) is 28.9. The van der Waals surface area contributed by atoms with E-state index in [1.807, 2.05) is 6.92 Å². The Balaban J connectivity index is 4.89. The second-order valence-electron chi connectivity index (χ2n) is 14.0. The third-order valence-electron chi connectivity index (χ3n) is 9.33. The SMILES string of the molecule is CCOCCOCCOCCCCC[Si](C)(CC(C)C)[Si](C)(CCC(C)CC)CCC(C)CCCC(C)C. The molecule has 0 saturated carbocycles. The molecule has 0 N–H and O–H groups in total. The Morgan fingerprint density at radius 2 is 1.08 bits per heavy atom. The highest BCUT2D eigenvalue weighted by Gasteiger charge is 2.46. The summed E-state index contributed by atoms with van der Waals surface area (Å²) in [7, 11) is -2.58. The molecule has 0 heterocycles. The molecule has 5 heteroatoms. The van der Waals surface area contributed by atoms with E-state index in [0.29, 0.717) is 26.4 Å². The molecule has 4 atom stereocenters. The van der Waals surface area contributed by atoms with E-state index >= 15 is 0 Å². The molecule has 0 aromatic rings. The zero-order valence-corrected chi connectivity index (χ0v) is 30.0. The zero-order valence-electron chi connectivity index (χ0n) is 28.0. The Morgan fingerprint density at radius 1 is 0.500 bits per heavy atom. The molecule has 0 aliphatic heterocycles. The molecular formula is C33H72O3Si2. The van der Waals surface area contributed by atoms with E-state index in [4.69, 9.17) is 14.2 Å². The van der Waals surface area contributed by atoms with Gasteiger partial charge in [0.1, 0.15) is 0 Å². The molecule has 0 saturated heterocycles. The van der Waals surface area contributed by atoms with Gasteiger partial charge < -0.3 is 14.2 Å². The number of ether oxygens (including phenoxy) is 3. The highest BCUT2D eigenvalue weighted by Crippen LogP contribution is 2.41. The molecule has 0 amide bonds. The van der Waals surface area contributed by atoms with Crippen molar-refractivity contribution in [3.05, 3.63) is 0 Å². The maximum atomic E-state index is 5.85. The number of hydrogen-bond acceptors (Lipinski definition) is 3. The summed E-state index contributed by atoms with van der Waals surface area (Å²) in [6, 6.07) is 6.28. The third-order valence-corrected chi connectivity index (χ3v) is 29.8. The first-order chi connectivity index (χ1) is 18.0. The van der Waals surface area contributed by atoms with Gasteiger partial charge in [-0.25, -0.2) is 0 Å². The van der Waals surface area contributed by atoms with Crippen molar-refractivity contribution in [2.24, 2.45) is 23.7 Å². The van der Waals surface area contributed by atoms with Crippen LogP contribution >= 0.6 is 0 Å². The molecule has 38 heavy (non-hydrogen) atoms. The Hall–Kier alpha value is 0.314. The molecule has 0 radical (unpaired) electrons. The van der Waals surface area contributed by atoms with Crippen LogP contribution in [-0.4, -0.2) is 54.8 Å². The molecule has 0 bridgehead atoms. The lowest BCUT2D eigenvalue weighted by molar-refractivity contribution is 0.0163. The minimum absolute atomic E-state index is 0.673. The standard InChI is InChI=1S/C33H72O3Si2/c1-11-32(7)19-27-37(9,28-20-33(8)18-16-17-30(3)4)38(10,29-31(5)6)26-15-13-14-21-35-24-25-36-23-22-34-12-2/h30-33H,11-29H2,1-10H3. The lowest BCUT2D eigenvalue weighted by Gasteiger charge is -2.46. The summed E-state index contributed by atoms with van der Waals surface area (Å²) in [5.74, 6) is 3.49. The van der Waals surface area contributed by atoms with Crippen LogP contribution in [0.5, 0.6) is 0 Å². The maximum Gasteiger partial charge on any atom is 0.0701 e. The van der Waals surface area contributed by atoms with Crippen molar-refractivity contribution < 1.29 is 14.2 Å². The predicted octanol–water partition coefficient (Wildman–Crippen LogP) is 10.4. The molecule has 0 spiro atoms. The summed E-state index contributed by atoms with van der Waals surface area (Å²) in [6.45, 7) is 29.3. The molecule has 4 unspecified atom stereocenters. The van der Waals surface area contributed by atoms with Crippen LogP contribution in [0.3, 0.4) is 0 Å². The summed E-state index contributed by atoms with van der Waals surface area (Å²) in [5, 5.41) is 0. The first kappa shape index (κ1) is 38.3. The highest BCUT2D eigenvalue weighted by molar-refractivity contribution is 7.41. The van der Waals surface area contributed by atoms with E-state index in [-0.39, 0.29) is 0 Å². The second kappa shape index (κ2) is 22.9. The minimum atomic E-state index is -1.29. The second-order valence-corrected chi connectivity index (χ2v) is 29.4. The van der Waals surface area contributed by atoms with E-state index in [2.05, 4.69) is 61.6 Å². The summed E-state index contributed by atoms with van der Waals surface area (Å²) in [5.41, 5.74) is 0. The van der Waals surface area contributed by atoms with Crippen molar-refractivity contribution in [1.82, 2.24) is 0 Å².